The number of nitrogens with two attached hydrogens (primary N) is 1. The molecule has 3 N–H and O–H groups in total. The van der Waals surface area contributed by atoms with Crippen molar-refractivity contribution < 1.29 is 0 Å². The summed E-state index contributed by atoms with van der Waals surface area (Å²) in [6.45, 7) is 0. The lowest BCUT2D eigenvalue weighted by atomic mass is 10.0. The van der Waals surface area contributed by atoms with Gasteiger partial charge in [0.15, 0.2) is 0 Å². The van der Waals surface area contributed by atoms with E-state index in [1.807, 2.05) is 18.2 Å². The van der Waals surface area contributed by atoms with Crippen LogP contribution in [0.3, 0.4) is 0 Å². The Hall–Kier alpha value is -1.42. The van der Waals surface area contributed by atoms with E-state index in [-0.39, 0.29) is 6.04 Å². The highest BCUT2D eigenvalue weighted by Gasteiger charge is 2.10. The summed E-state index contributed by atoms with van der Waals surface area (Å²) < 4.78 is 0. The Morgan fingerprint density at radius 2 is 1.95 bits per heavy atom. The molecule has 0 fully saturated rings. The number of pyridine rings is 1. The number of nitrogens with zero attached hydrogens (tertiary/aromatic N) is 1. The standard InChI is InChI=1S/C15H18ClN3/c16-13-9-10-14(18-11-13)15(19-17)8-4-7-12-5-2-1-3-6-12/h1-3,5-6,9-11,15,19H,4,7-8,17H2. The van der Waals surface area contributed by atoms with Crippen molar-refractivity contribution in [3.8, 4) is 0 Å². The Bertz CT molecular complexity index is 485. The normalized spacial score (nSPS) is 12.3. The number of aryl methyl sites for hydroxylation is 1. The quantitative estimate of drug-likeness (QED) is 0.628. The average molecular weight is 276 g/mol. The Kier molecular flexibility index (Phi) is 5.33. The molecule has 1 atom stereocenters. The average Bonchev–Trinajstić information content (AvgIpc) is 2.46. The van der Waals surface area contributed by atoms with Crippen LogP contribution in [-0.2, 0) is 6.42 Å². The van der Waals surface area contributed by atoms with Gasteiger partial charge in [0.25, 0.3) is 0 Å². The molecule has 3 nitrogen and oxygen atoms in total. The molecule has 0 bridgehead atoms. The largest absolute Gasteiger partial charge is 0.271 e. The minimum Gasteiger partial charge on any atom is -0.271 e. The van der Waals surface area contributed by atoms with Gasteiger partial charge in [0.2, 0.25) is 0 Å². The lowest BCUT2D eigenvalue weighted by Crippen LogP contribution is -2.28. The van der Waals surface area contributed by atoms with Crippen LogP contribution >= 0.6 is 11.6 Å². The minimum atomic E-state index is 0.0704. The molecule has 2 aromatic rings. The second-order valence-electron chi connectivity index (χ2n) is 4.50. The van der Waals surface area contributed by atoms with Crippen molar-refractivity contribution in [2.24, 2.45) is 5.84 Å². The summed E-state index contributed by atoms with van der Waals surface area (Å²) in [7, 11) is 0. The van der Waals surface area contributed by atoms with Crippen LogP contribution in [0.1, 0.15) is 30.1 Å². The van der Waals surface area contributed by atoms with Crippen LogP contribution in [-0.4, -0.2) is 4.98 Å². The molecule has 1 heterocycles. The molecule has 4 heteroatoms. The van der Waals surface area contributed by atoms with Gasteiger partial charge in [0.05, 0.1) is 16.8 Å². The van der Waals surface area contributed by atoms with Crippen LogP contribution in [0, 0.1) is 0 Å². The van der Waals surface area contributed by atoms with Gasteiger partial charge < -0.3 is 0 Å². The minimum absolute atomic E-state index is 0.0704. The van der Waals surface area contributed by atoms with Gasteiger partial charge in [-0.15, -0.1) is 0 Å². The van der Waals surface area contributed by atoms with E-state index in [0.717, 1.165) is 25.0 Å². The summed E-state index contributed by atoms with van der Waals surface area (Å²) in [5.41, 5.74) is 5.10. The Morgan fingerprint density at radius 3 is 2.58 bits per heavy atom. The van der Waals surface area contributed by atoms with Gasteiger partial charge in [-0.05, 0) is 37.0 Å². The highest BCUT2D eigenvalue weighted by Crippen LogP contribution is 2.18. The highest BCUT2D eigenvalue weighted by atomic mass is 35.5. The third-order valence-corrected chi connectivity index (χ3v) is 3.33. The number of rotatable bonds is 6. The van der Waals surface area contributed by atoms with E-state index in [9.17, 15) is 0 Å². The fourth-order valence-electron chi connectivity index (χ4n) is 2.06. The van der Waals surface area contributed by atoms with Crippen LogP contribution in [0.4, 0.5) is 0 Å². The first-order chi connectivity index (χ1) is 9.29. The smallest absolute Gasteiger partial charge is 0.0632 e. The number of halogens is 1. The maximum atomic E-state index is 5.83. The Labute approximate surface area is 118 Å². The maximum Gasteiger partial charge on any atom is 0.0632 e. The van der Waals surface area contributed by atoms with E-state index in [0.29, 0.717) is 5.02 Å². The van der Waals surface area contributed by atoms with Crippen LogP contribution in [0.5, 0.6) is 0 Å². The Balaban J connectivity index is 1.87. The first-order valence-electron chi connectivity index (χ1n) is 6.41. The zero-order valence-corrected chi connectivity index (χ0v) is 11.5. The summed E-state index contributed by atoms with van der Waals surface area (Å²) in [5, 5.41) is 0.642. The molecule has 0 amide bonds. The zero-order chi connectivity index (χ0) is 13.5. The van der Waals surface area contributed by atoms with E-state index < -0.39 is 0 Å². The van der Waals surface area contributed by atoms with Gasteiger partial charge >= 0.3 is 0 Å². The first kappa shape index (κ1) is 14.0. The topological polar surface area (TPSA) is 50.9 Å². The molecule has 0 aliphatic carbocycles. The van der Waals surface area contributed by atoms with Crippen LogP contribution in [0.2, 0.25) is 5.02 Å². The van der Waals surface area contributed by atoms with Gasteiger partial charge in [-0.3, -0.25) is 16.3 Å². The number of hydrogen-bond acceptors (Lipinski definition) is 3. The SMILES string of the molecule is NNC(CCCc1ccccc1)c1ccc(Cl)cn1. The monoisotopic (exact) mass is 275 g/mol. The van der Waals surface area contributed by atoms with Crippen molar-refractivity contribution >= 4 is 11.6 Å². The number of hydrogen-bond donors (Lipinski definition) is 2. The third-order valence-electron chi connectivity index (χ3n) is 3.11. The van der Waals surface area contributed by atoms with E-state index in [4.69, 9.17) is 17.4 Å². The molecule has 1 aromatic carbocycles. The maximum absolute atomic E-state index is 5.83. The summed E-state index contributed by atoms with van der Waals surface area (Å²) in [6.07, 6.45) is 4.70. The number of nitrogens with one attached hydrogen (secondary N) is 1. The molecule has 0 aliphatic rings. The van der Waals surface area contributed by atoms with Crippen LogP contribution in [0.15, 0.2) is 48.7 Å². The molecule has 0 saturated carbocycles. The molecule has 100 valence electrons. The van der Waals surface area contributed by atoms with Gasteiger partial charge in [0.1, 0.15) is 0 Å². The number of benzene rings is 1. The Morgan fingerprint density at radius 1 is 1.16 bits per heavy atom. The molecule has 19 heavy (non-hydrogen) atoms. The molecule has 1 unspecified atom stereocenters. The molecule has 0 radical (unpaired) electrons. The van der Waals surface area contributed by atoms with Crippen LogP contribution in [0.25, 0.3) is 0 Å². The predicted octanol–water partition coefficient (Wildman–Crippen LogP) is 3.26. The van der Waals surface area contributed by atoms with Gasteiger partial charge in [0, 0.05) is 6.20 Å². The molecule has 0 aliphatic heterocycles. The fourth-order valence-corrected chi connectivity index (χ4v) is 2.18. The molecule has 0 spiro atoms. The molecule has 2 rings (SSSR count). The summed E-state index contributed by atoms with van der Waals surface area (Å²) >= 11 is 5.83. The van der Waals surface area contributed by atoms with Crippen molar-refractivity contribution in [1.82, 2.24) is 10.4 Å². The first-order valence-corrected chi connectivity index (χ1v) is 6.79. The summed E-state index contributed by atoms with van der Waals surface area (Å²) in [4.78, 5) is 4.30. The lowest BCUT2D eigenvalue weighted by molar-refractivity contribution is 0.488. The highest BCUT2D eigenvalue weighted by molar-refractivity contribution is 6.30. The number of aromatic nitrogens is 1. The zero-order valence-electron chi connectivity index (χ0n) is 10.7. The second kappa shape index (κ2) is 7.24. The van der Waals surface area contributed by atoms with Gasteiger partial charge in [-0.1, -0.05) is 41.9 Å². The van der Waals surface area contributed by atoms with Crippen LogP contribution < -0.4 is 11.3 Å². The van der Waals surface area contributed by atoms with Crippen molar-refractivity contribution in [3.05, 3.63) is 64.9 Å². The summed E-state index contributed by atoms with van der Waals surface area (Å²) in [6, 6.07) is 14.3. The van der Waals surface area contributed by atoms with E-state index in [1.165, 1.54) is 5.56 Å². The summed E-state index contributed by atoms with van der Waals surface area (Å²) in [5.74, 6) is 5.60. The van der Waals surface area contributed by atoms with Gasteiger partial charge in [-0.25, -0.2) is 0 Å². The molecular formula is C15H18ClN3. The van der Waals surface area contributed by atoms with E-state index in [1.54, 1.807) is 6.20 Å². The van der Waals surface area contributed by atoms with Crippen molar-refractivity contribution in [2.45, 2.75) is 25.3 Å². The van der Waals surface area contributed by atoms with Crippen molar-refractivity contribution in [1.29, 1.82) is 0 Å². The predicted molar refractivity (Wildman–Crippen MR) is 78.7 cm³/mol. The fraction of sp³-hybridized carbons (Fsp3) is 0.267. The van der Waals surface area contributed by atoms with Crippen molar-refractivity contribution in [2.75, 3.05) is 0 Å². The van der Waals surface area contributed by atoms with Crippen molar-refractivity contribution in [3.63, 3.8) is 0 Å². The second-order valence-corrected chi connectivity index (χ2v) is 4.93. The van der Waals surface area contributed by atoms with E-state index >= 15 is 0 Å². The van der Waals surface area contributed by atoms with E-state index in [2.05, 4.69) is 34.7 Å². The third kappa shape index (κ3) is 4.31. The lowest BCUT2D eigenvalue weighted by Gasteiger charge is -2.15. The van der Waals surface area contributed by atoms with Gasteiger partial charge in [-0.2, -0.15) is 0 Å². The molecule has 1 aromatic heterocycles. The molecule has 0 saturated heterocycles. The number of hydrazine groups is 1. The molecular weight excluding hydrogens is 258 g/mol.